The molecular formula is C9H14N2O3. The lowest BCUT2D eigenvalue weighted by Gasteiger charge is -1.94. The largest absolute Gasteiger partial charge is 0.377 e. The van der Waals surface area contributed by atoms with E-state index in [1.54, 1.807) is 0 Å². The Kier molecular flexibility index (Phi) is 3.76. The molecule has 0 N–H and O–H groups in total. The highest BCUT2D eigenvalue weighted by atomic mass is 16.5. The fraction of sp³-hybridized carbons (Fsp3) is 0.667. The quantitative estimate of drug-likeness (QED) is 0.704. The van der Waals surface area contributed by atoms with Gasteiger partial charge in [-0.1, -0.05) is 19.0 Å². The van der Waals surface area contributed by atoms with Crippen molar-refractivity contribution in [2.45, 2.75) is 26.2 Å². The third kappa shape index (κ3) is 2.92. The standard InChI is InChI=1S/C9H14N2O3/c1-6(2)9-10-8(14-11-9)4-7(12)5-13-3/h6H,4-5H2,1-3H3. The maximum absolute atomic E-state index is 11.1. The molecule has 0 bridgehead atoms. The molecule has 0 unspecified atom stereocenters. The summed E-state index contributed by atoms with van der Waals surface area (Å²) in [6.07, 6.45) is 0.146. The van der Waals surface area contributed by atoms with Gasteiger partial charge in [0, 0.05) is 13.0 Å². The van der Waals surface area contributed by atoms with Gasteiger partial charge in [0.05, 0.1) is 6.42 Å². The Bertz CT molecular complexity index is 307. The van der Waals surface area contributed by atoms with Gasteiger partial charge in [0.25, 0.3) is 0 Å². The highest BCUT2D eigenvalue weighted by molar-refractivity contribution is 5.81. The molecule has 78 valence electrons. The molecule has 0 aliphatic rings. The smallest absolute Gasteiger partial charge is 0.234 e. The summed E-state index contributed by atoms with van der Waals surface area (Å²) in [7, 11) is 1.48. The molecule has 1 heterocycles. The molecule has 1 rings (SSSR count). The average molecular weight is 198 g/mol. The van der Waals surface area contributed by atoms with Crippen LogP contribution in [0, 0.1) is 0 Å². The lowest BCUT2D eigenvalue weighted by atomic mass is 10.2. The second-order valence-corrected chi connectivity index (χ2v) is 3.35. The molecule has 1 aromatic heterocycles. The van der Waals surface area contributed by atoms with Gasteiger partial charge in [-0.15, -0.1) is 0 Å². The van der Waals surface area contributed by atoms with Crippen LogP contribution in [0.5, 0.6) is 0 Å². The molecule has 5 heteroatoms. The van der Waals surface area contributed by atoms with E-state index in [0.717, 1.165) is 0 Å². The van der Waals surface area contributed by atoms with Gasteiger partial charge in [0.15, 0.2) is 11.6 Å². The third-order valence-corrected chi connectivity index (χ3v) is 1.65. The minimum absolute atomic E-state index is 0.0635. The van der Waals surface area contributed by atoms with E-state index in [9.17, 15) is 4.79 Å². The average Bonchev–Trinajstić information content (AvgIpc) is 2.53. The number of carbonyl (C=O) groups excluding carboxylic acids is 1. The first kappa shape index (κ1) is 10.8. The second kappa shape index (κ2) is 4.85. The number of methoxy groups -OCH3 is 1. The summed E-state index contributed by atoms with van der Waals surface area (Å²) in [5.41, 5.74) is 0. The molecule has 0 saturated carbocycles. The number of Topliss-reactive ketones (excluding diaryl/α,β-unsaturated/α-hetero) is 1. The van der Waals surface area contributed by atoms with Gasteiger partial charge in [-0.25, -0.2) is 0 Å². The van der Waals surface area contributed by atoms with Crippen molar-refractivity contribution in [2.24, 2.45) is 0 Å². The maximum Gasteiger partial charge on any atom is 0.234 e. The van der Waals surface area contributed by atoms with E-state index in [2.05, 4.69) is 10.1 Å². The zero-order valence-corrected chi connectivity index (χ0v) is 8.61. The number of hydrogen-bond donors (Lipinski definition) is 0. The van der Waals surface area contributed by atoms with Crippen LogP contribution in [0.1, 0.15) is 31.5 Å². The van der Waals surface area contributed by atoms with Crippen LogP contribution in [0.25, 0.3) is 0 Å². The number of nitrogens with zero attached hydrogens (tertiary/aromatic N) is 2. The highest BCUT2D eigenvalue weighted by Crippen LogP contribution is 2.09. The van der Waals surface area contributed by atoms with Crippen LogP contribution in [0.4, 0.5) is 0 Å². The molecule has 5 nitrogen and oxygen atoms in total. The summed E-state index contributed by atoms with van der Waals surface area (Å²) < 4.78 is 9.60. The molecule has 14 heavy (non-hydrogen) atoms. The van der Waals surface area contributed by atoms with Gasteiger partial charge in [0.2, 0.25) is 5.89 Å². The molecule has 0 amide bonds. The van der Waals surface area contributed by atoms with Crippen LogP contribution < -0.4 is 0 Å². The lowest BCUT2D eigenvalue weighted by molar-refractivity contribution is -0.122. The van der Waals surface area contributed by atoms with E-state index in [1.165, 1.54) is 7.11 Å². The van der Waals surface area contributed by atoms with Crippen LogP contribution >= 0.6 is 0 Å². The number of aromatic nitrogens is 2. The molecule has 0 atom stereocenters. The molecule has 0 aliphatic heterocycles. The Morgan fingerprint density at radius 3 is 2.79 bits per heavy atom. The second-order valence-electron chi connectivity index (χ2n) is 3.35. The summed E-state index contributed by atoms with van der Waals surface area (Å²) in [5, 5.41) is 3.75. The number of ketones is 1. The van der Waals surface area contributed by atoms with E-state index in [-0.39, 0.29) is 24.7 Å². The van der Waals surface area contributed by atoms with Crippen LogP contribution in [0.3, 0.4) is 0 Å². The van der Waals surface area contributed by atoms with Gasteiger partial charge in [-0.05, 0) is 0 Å². The monoisotopic (exact) mass is 198 g/mol. The van der Waals surface area contributed by atoms with Crippen LogP contribution in [0.15, 0.2) is 4.52 Å². The van der Waals surface area contributed by atoms with E-state index in [4.69, 9.17) is 9.26 Å². The number of carbonyl (C=O) groups is 1. The first-order chi connectivity index (χ1) is 6.63. The van der Waals surface area contributed by atoms with Crippen molar-refractivity contribution >= 4 is 5.78 Å². The Morgan fingerprint density at radius 2 is 2.29 bits per heavy atom. The molecule has 0 spiro atoms. The summed E-state index contributed by atoms with van der Waals surface area (Å²) in [6, 6.07) is 0. The van der Waals surface area contributed by atoms with Crippen molar-refractivity contribution in [3.05, 3.63) is 11.7 Å². The Balaban J connectivity index is 2.55. The SMILES string of the molecule is COCC(=O)Cc1nc(C(C)C)no1. The van der Waals surface area contributed by atoms with E-state index in [1.807, 2.05) is 13.8 Å². The first-order valence-corrected chi connectivity index (χ1v) is 4.46. The number of hydrogen-bond acceptors (Lipinski definition) is 5. The van der Waals surface area contributed by atoms with Crippen LogP contribution in [0.2, 0.25) is 0 Å². The zero-order chi connectivity index (χ0) is 10.6. The fourth-order valence-corrected chi connectivity index (χ4v) is 0.955. The number of rotatable bonds is 5. The lowest BCUT2D eigenvalue weighted by Crippen LogP contribution is -2.09. The van der Waals surface area contributed by atoms with Crippen molar-refractivity contribution in [1.82, 2.24) is 10.1 Å². The predicted molar refractivity (Wildman–Crippen MR) is 49.0 cm³/mol. The molecular weight excluding hydrogens is 184 g/mol. The van der Waals surface area contributed by atoms with Crippen molar-refractivity contribution in [3.8, 4) is 0 Å². The van der Waals surface area contributed by atoms with E-state index >= 15 is 0 Å². The minimum atomic E-state index is -0.0635. The van der Waals surface area contributed by atoms with Crippen LogP contribution in [-0.2, 0) is 16.0 Å². The molecule has 0 aromatic carbocycles. The maximum atomic E-state index is 11.1. The van der Waals surface area contributed by atoms with Gasteiger partial charge < -0.3 is 9.26 Å². The van der Waals surface area contributed by atoms with Crippen molar-refractivity contribution < 1.29 is 14.1 Å². The fourth-order valence-electron chi connectivity index (χ4n) is 0.955. The van der Waals surface area contributed by atoms with E-state index in [0.29, 0.717) is 11.7 Å². The van der Waals surface area contributed by atoms with Gasteiger partial charge in [-0.3, -0.25) is 4.79 Å². The predicted octanol–water partition coefficient (Wildman–Crippen LogP) is 0.951. The molecule has 0 aliphatic carbocycles. The minimum Gasteiger partial charge on any atom is -0.377 e. The van der Waals surface area contributed by atoms with Gasteiger partial charge >= 0.3 is 0 Å². The van der Waals surface area contributed by atoms with Gasteiger partial charge in [-0.2, -0.15) is 4.98 Å². The highest BCUT2D eigenvalue weighted by Gasteiger charge is 2.12. The zero-order valence-electron chi connectivity index (χ0n) is 8.61. The molecule has 0 saturated heterocycles. The number of ether oxygens (including phenoxy) is 1. The summed E-state index contributed by atoms with van der Waals surface area (Å²) >= 11 is 0. The Labute approximate surface area is 82.4 Å². The summed E-state index contributed by atoms with van der Waals surface area (Å²) in [6.45, 7) is 4.01. The van der Waals surface area contributed by atoms with Crippen molar-refractivity contribution in [3.63, 3.8) is 0 Å². The third-order valence-electron chi connectivity index (χ3n) is 1.65. The van der Waals surface area contributed by atoms with Gasteiger partial charge in [0.1, 0.15) is 6.61 Å². The van der Waals surface area contributed by atoms with Crippen LogP contribution in [-0.4, -0.2) is 29.6 Å². The summed E-state index contributed by atoms with van der Waals surface area (Å²) in [4.78, 5) is 15.2. The topological polar surface area (TPSA) is 65.2 Å². The Hall–Kier alpha value is -1.23. The summed E-state index contributed by atoms with van der Waals surface area (Å²) in [5.74, 6) is 1.14. The molecule has 1 aromatic rings. The molecule has 0 fully saturated rings. The van der Waals surface area contributed by atoms with Crippen molar-refractivity contribution in [2.75, 3.05) is 13.7 Å². The molecule has 0 radical (unpaired) electrons. The first-order valence-electron chi connectivity index (χ1n) is 4.46. The van der Waals surface area contributed by atoms with E-state index < -0.39 is 0 Å². The Morgan fingerprint density at radius 1 is 1.57 bits per heavy atom. The van der Waals surface area contributed by atoms with Crippen molar-refractivity contribution in [1.29, 1.82) is 0 Å². The normalized spacial score (nSPS) is 10.9.